The largest absolute Gasteiger partial charge is 0.481 e. The highest BCUT2D eigenvalue weighted by Gasteiger charge is 2.56. The number of likely N-dealkylation sites (tertiary alicyclic amines) is 1. The summed E-state index contributed by atoms with van der Waals surface area (Å²) in [6, 6.07) is 0. The van der Waals surface area contributed by atoms with Gasteiger partial charge in [0.2, 0.25) is 5.91 Å². The fourth-order valence-electron chi connectivity index (χ4n) is 5.51. The topological polar surface area (TPSA) is 57.6 Å². The molecule has 0 unspecified atom stereocenters. The molecule has 0 aromatic heterocycles. The van der Waals surface area contributed by atoms with Gasteiger partial charge in [0.1, 0.15) is 0 Å². The maximum Gasteiger partial charge on any atom is 0.310 e. The predicted octanol–water partition coefficient (Wildman–Crippen LogP) is 1.75. The third kappa shape index (κ3) is 1.65. The number of hydrogen-bond acceptors (Lipinski definition) is 2. The van der Waals surface area contributed by atoms with Crippen molar-refractivity contribution in [2.45, 2.75) is 38.5 Å². The Kier molecular flexibility index (Phi) is 2.31. The highest BCUT2D eigenvalue weighted by Crippen LogP contribution is 2.60. The van der Waals surface area contributed by atoms with Crippen molar-refractivity contribution in [1.29, 1.82) is 0 Å². The summed E-state index contributed by atoms with van der Waals surface area (Å²) in [5.74, 6) is 1.52. The molecule has 1 heterocycles. The lowest BCUT2D eigenvalue weighted by Crippen LogP contribution is -2.61. The van der Waals surface area contributed by atoms with Crippen LogP contribution >= 0.6 is 0 Å². The molecule has 0 aromatic carbocycles. The molecule has 1 saturated heterocycles. The standard InChI is InChI=1S/C15H21NO3/c17-13(18)12-7-16(8-12)14(19)15-4-9-1-10(5-15)3-11(2-9)6-15/h9-12H,1-8H2,(H,17,18). The van der Waals surface area contributed by atoms with E-state index in [0.29, 0.717) is 13.1 Å². The molecule has 4 bridgehead atoms. The van der Waals surface area contributed by atoms with Gasteiger partial charge in [-0.3, -0.25) is 9.59 Å². The molecule has 1 N–H and O–H groups in total. The second-order valence-corrected chi connectivity index (χ2v) is 7.44. The van der Waals surface area contributed by atoms with E-state index in [1.54, 1.807) is 0 Å². The number of carbonyl (C=O) groups excluding carboxylic acids is 1. The molecule has 0 radical (unpaired) electrons. The van der Waals surface area contributed by atoms with E-state index in [1.165, 1.54) is 19.3 Å². The molecule has 4 saturated carbocycles. The van der Waals surface area contributed by atoms with Crippen LogP contribution in [0.5, 0.6) is 0 Å². The summed E-state index contributed by atoms with van der Waals surface area (Å²) in [5.41, 5.74) is -0.0990. The average Bonchev–Trinajstić information content (AvgIpc) is 2.24. The third-order valence-corrected chi connectivity index (χ3v) is 6.01. The molecular formula is C15H21NO3. The van der Waals surface area contributed by atoms with Gasteiger partial charge in [-0.25, -0.2) is 0 Å². The van der Waals surface area contributed by atoms with Gasteiger partial charge in [0.05, 0.1) is 11.3 Å². The lowest BCUT2D eigenvalue weighted by atomic mass is 9.49. The van der Waals surface area contributed by atoms with Crippen LogP contribution in [0.1, 0.15) is 38.5 Å². The summed E-state index contributed by atoms with van der Waals surface area (Å²) in [6.45, 7) is 0.881. The molecule has 1 aliphatic heterocycles. The summed E-state index contributed by atoms with van der Waals surface area (Å²) in [6.07, 6.45) is 7.24. The normalized spacial score (nSPS) is 44.2. The van der Waals surface area contributed by atoms with Gasteiger partial charge in [-0.05, 0) is 56.3 Å². The first-order valence-electron chi connectivity index (χ1n) is 7.58. The van der Waals surface area contributed by atoms with Gasteiger partial charge in [-0.1, -0.05) is 0 Å². The fourth-order valence-corrected chi connectivity index (χ4v) is 5.51. The highest BCUT2D eigenvalue weighted by molar-refractivity contribution is 5.86. The van der Waals surface area contributed by atoms with Crippen LogP contribution in [-0.4, -0.2) is 35.0 Å². The van der Waals surface area contributed by atoms with E-state index in [9.17, 15) is 9.59 Å². The molecule has 4 heteroatoms. The highest BCUT2D eigenvalue weighted by atomic mass is 16.4. The zero-order chi connectivity index (χ0) is 13.2. The van der Waals surface area contributed by atoms with Gasteiger partial charge >= 0.3 is 5.97 Å². The van der Waals surface area contributed by atoms with E-state index >= 15 is 0 Å². The molecule has 0 atom stereocenters. The van der Waals surface area contributed by atoms with Crippen LogP contribution in [0.4, 0.5) is 0 Å². The van der Waals surface area contributed by atoms with Crippen molar-refractivity contribution in [2.24, 2.45) is 29.1 Å². The van der Waals surface area contributed by atoms with Crippen molar-refractivity contribution in [3.8, 4) is 0 Å². The predicted molar refractivity (Wildman–Crippen MR) is 68.3 cm³/mol. The quantitative estimate of drug-likeness (QED) is 0.825. The summed E-state index contributed by atoms with van der Waals surface area (Å²) >= 11 is 0. The fraction of sp³-hybridized carbons (Fsp3) is 0.867. The number of carboxylic acid groups (broad SMARTS) is 1. The van der Waals surface area contributed by atoms with Gasteiger partial charge in [-0.2, -0.15) is 0 Å². The SMILES string of the molecule is O=C(O)C1CN(C(=O)C23CC4CC(CC(C4)C2)C3)C1. The monoisotopic (exact) mass is 263 g/mol. The summed E-state index contributed by atoms with van der Waals surface area (Å²) in [7, 11) is 0. The number of carboxylic acids is 1. The Labute approximate surface area is 113 Å². The molecule has 1 amide bonds. The van der Waals surface area contributed by atoms with Gasteiger partial charge in [0.25, 0.3) is 0 Å². The van der Waals surface area contributed by atoms with Crippen molar-refractivity contribution in [3.05, 3.63) is 0 Å². The smallest absolute Gasteiger partial charge is 0.310 e. The minimum atomic E-state index is -0.755. The molecule has 104 valence electrons. The van der Waals surface area contributed by atoms with Crippen LogP contribution in [-0.2, 0) is 9.59 Å². The summed E-state index contributed by atoms with van der Waals surface area (Å²) in [5, 5.41) is 8.93. The second-order valence-electron chi connectivity index (χ2n) is 7.44. The van der Waals surface area contributed by atoms with E-state index in [0.717, 1.165) is 37.0 Å². The Hall–Kier alpha value is -1.06. The zero-order valence-electron chi connectivity index (χ0n) is 11.2. The number of amides is 1. The average molecular weight is 263 g/mol. The minimum Gasteiger partial charge on any atom is -0.481 e. The third-order valence-electron chi connectivity index (χ3n) is 6.01. The zero-order valence-corrected chi connectivity index (χ0v) is 11.2. The van der Waals surface area contributed by atoms with E-state index in [-0.39, 0.29) is 17.2 Å². The Bertz CT molecular complexity index is 403. The maximum absolute atomic E-state index is 12.8. The molecule has 0 spiro atoms. The Morgan fingerprint density at radius 3 is 1.84 bits per heavy atom. The first-order chi connectivity index (χ1) is 9.06. The summed E-state index contributed by atoms with van der Waals surface area (Å²) < 4.78 is 0. The van der Waals surface area contributed by atoms with Crippen molar-refractivity contribution >= 4 is 11.9 Å². The second kappa shape index (κ2) is 3.74. The van der Waals surface area contributed by atoms with E-state index in [2.05, 4.69) is 0 Å². The molecule has 5 aliphatic rings. The van der Waals surface area contributed by atoms with Crippen molar-refractivity contribution in [3.63, 3.8) is 0 Å². The van der Waals surface area contributed by atoms with Crippen LogP contribution in [0.2, 0.25) is 0 Å². The molecule has 5 fully saturated rings. The minimum absolute atomic E-state index is 0.0990. The Morgan fingerprint density at radius 1 is 0.947 bits per heavy atom. The van der Waals surface area contributed by atoms with Gasteiger partial charge in [-0.15, -0.1) is 0 Å². The van der Waals surface area contributed by atoms with Crippen LogP contribution in [0.25, 0.3) is 0 Å². The van der Waals surface area contributed by atoms with Crippen molar-refractivity contribution in [1.82, 2.24) is 4.90 Å². The lowest BCUT2D eigenvalue weighted by molar-refractivity contribution is -0.168. The molecular weight excluding hydrogens is 242 g/mol. The number of aliphatic carboxylic acids is 1. The number of nitrogens with zero attached hydrogens (tertiary/aromatic N) is 1. The lowest BCUT2D eigenvalue weighted by Gasteiger charge is -2.57. The Balaban J connectivity index is 1.50. The number of hydrogen-bond donors (Lipinski definition) is 1. The van der Waals surface area contributed by atoms with Gasteiger partial charge in [0, 0.05) is 13.1 Å². The van der Waals surface area contributed by atoms with E-state index in [4.69, 9.17) is 5.11 Å². The van der Waals surface area contributed by atoms with Crippen LogP contribution in [0, 0.1) is 29.1 Å². The first kappa shape index (κ1) is 11.7. The van der Waals surface area contributed by atoms with Gasteiger partial charge in [0.15, 0.2) is 0 Å². The molecule has 5 rings (SSSR count). The molecule has 4 nitrogen and oxygen atoms in total. The van der Waals surface area contributed by atoms with E-state index in [1.807, 2.05) is 4.90 Å². The van der Waals surface area contributed by atoms with E-state index < -0.39 is 5.97 Å². The molecule has 0 aromatic rings. The van der Waals surface area contributed by atoms with Crippen LogP contribution in [0.15, 0.2) is 0 Å². The van der Waals surface area contributed by atoms with Crippen molar-refractivity contribution < 1.29 is 14.7 Å². The van der Waals surface area contributed by atoms with Crippen LogP contribution in [0.3, 0.4) is 0 Å². The number of carbonyl (C=O) groups is 2. The Morgan fingerprint density at radius 2 is 1.42 bits per heavy atom. The van der Waals surface area contributed by atoms with Crippen molar-refractivity contribution in [2.75, 3.05) is 13.1 Å². The van der Waals surface area contributed by atoms with Crippen LogP contribution < -0.4 is 0 Å². The molecule has 4 aliphatic carbocycles. The maximum atomic E-state index is 12.8. The first-order valence-corrected chi connectivity index (χ1v) is 7.58. The molecule has 19 heavy (non-hydrogen) atoms. The summed E-state index contributed by atoms with van der Waals surface area (Å²) in [4.78, 5) is 25.5. The van der Waals surface area contributed by atoms with Gasteiger partial charge < -0.3 is 10.0 Å². The number of rotatable bonds is 2.